The van der Waals surface area contributed by atoms with E-state index < -0.39 is 0 Å². The first-order valence-corrected chi connectivity index (χ1v) is 8.42. The minimum absolute atomic E-state index is 0.247. The zero-order valence-electron chi connectivity index (χ0n) is 14.0. The summed E-state index contributed by atoms with van der Waals surface area (Å²) in [4.78, 5) is 2.25. The fourth-order valence-corrected chi connectivity index (χ4v) is 3.13. The molecule has 3 aromatic rings. The molecule has 128 valence electrons. The van der Waals surface area contributed by atoms with Gasteiger partial charge in [-0.15, -0.1) is 10.2 Å². The van der Waals surface area contributed by atoms with Gasteiger partial charge in [-0.3, -0.25) is 0 Å². The molecule has 4 rings (SSSR count). The number of hydrogen-bond donors (Lipinski definition) is 0. The van der Waals surface area contributed by atoms with Crippen LogP contribution < -0.4 is 4.90 Å². The van der Waals surface area contributed by atoms with Gasteiger partial charge < -0.3 is 4.90 Å². The highest BCUT2D eigenvalue weighted by atomic mass is 19.1. The Morgan fingerprint density at radius 2 is 1.72 bits per heavy atom. The van der Waals surface area contributed by atoms with E-state index in [2.05, 4.69) is 25.4 Å². The Hall–Kier alpha value is -2.83. The smallest absolute Gasteiger partial charge is 0.151 e. The van der Waals surface area contributed by atoms with E-state index in [0.717, 1.165) is 48.7 Å². The predicted molar refractivity (Wildman–Crippen MR) is 92.7 cm³/mol. The molecule has 0 radical (unpaired) electrons. The largest absolute Gasteiger partial charge is 0.355 e. The molecular weight excluding hydrogens is 319 g/mol. The first kappa shape index (κ1) is 15.7. The van der Waals surface area contributed by atoms with Crippen LogP contribution in [0.25, 0.3) is 11.3 Å². The number of halogens is 1. The second-order valence-electron chi connectivity index (χ2n) is 6.34. The molecule has 0 atom stereocenters. The molecule has 1 aliphatic rings. The van der Waals surface area contributed by atoms with Gasteiger partial charge in [-0.2, -0.15) is 5.10 Å². The van der Waals surface area contributed by atoms with Crippen molar-refractivity contribution >= 4 is 5.82 Å². The highest BCUT2D eigenvalue weighted by Crippen LogP contribution is 2.26. The Labute approximate surface area is 145 Å². The number of aromatic nitrogens is 5. The Balaban J connectivity index is 1.42. The Morgan fingerprint density at radius 3 is 2.40 bits per heavy atom. The van der Waals surface area contributed by atoms with E-state index in [0.29, 0.717) is 6.04 Å². The van der Waals surface area contributed by atoms with Crippen molar-refractivity contribution < 1.29 is 4.39 Å². The Morgan fingerprint density at radius 1 is 0.960 bits per heavy atom. The quantitative estimate of drug-likeness (QED) is 0.735. The van der Waals surface area contributed by atoms with Gasteiger partial charge >= 0.3 is 0 Å². The molecule has 0 N–H and O–H groups in total. The average molecular weight is 338 g/mol. The zero-order valence-corrected chi connectivity index (χ0v) is 14.0. The number of piperidine rings is 1. The molecule has 1 aromatic carbocycles. The van der Waals surface area contributed by atoms with Gasteiger partial charge in [-0.1, -0.05) is 5.21 Å². The molecule has 0 saturated carbocycles. The zero-order chi connectivity index (χ0) is 17.2. The number of benzene rings is 1. The minimum Gasteiger partial charge on any atom is -0.355 e. The van der Waals surface area contributed by atoms with E-state index in [-0.39, 0.29) is 5.82 Å². The van der Waals surface area contributed by atoms with Gasteiger partial charge in [-0.25, -0.2) is 9.07 Å². The lowest BCUT2D eigenvalue weighted by atomic mass is 10.1. The van der Waals surface area contributed by atoms with E-state index in [1.54, 1.807) is 12.1 Å². The third-order valence-electron chi connectivity index (χ3n) is 4.60. The first-order valence-electron chi connectivity index (χ1n) is 8.42. The van der Waals surface area contributed by atoms with Crippen LogP contribution in [0.3, 0.4) is 0 Å². The molecule has 0 spiro atoms. The van der Waals surface area contributed by atoms with Crippen molar-refractivity contribution in [2.24, 2.45) is 0 Å². The van der Waals surface area contributed by atoms with Crippen molar-refractivity contribution in [3.8, 4) is 11.3 Å². The van der Waals surface area contributed by atoms with Crippen LogP contribution in [0.15, 0.2) is 42.6 Å². The van der Waals surface area contributed by atoms with Crippen molar-refractivity contribution in [3.63, 3.8) is 0 Å². The summed E-state index contributed by atoms with van der Waals surface area (Å²) in [6.07, 6.45) is 3.89. The van der Waals surface area contributed by atoms with Crippen molar-refractivity contribution in [2.45, 2.75) is 25.8 Å². The van der Waals surface area contributed by atoms with Crippen LogP contribution >= 0.6 is 0 Å². The maximum atomic E-state index is 13.0. The summed E-state index contributed by atoms with van der Waals surface area (Å²) in [5, 5.41) is 16.9. The standard InChI is InChI=1S/C18H19FN6/c1-13-2-7-18(22-20-13)24-10-8-16(9-11-24)25-12-17(21-23-25)14-3-5-15(19)6-4-14/h2-7,12,16H,8-11H2,1H3. The monoisotopic (exact) mass is 338 g/mol. The predicted octanol–water partition coefficient (Wildman–Crippen LogP) is 3.02. The molecule has 7 heteroatoms. The molecule has 3 heterocycles. The molecule has 1 saturated heterocycles. The highest BCUT2D eigenvalue weighted by Gasteiger charge is 2.22. The number of nitrogens with zero attached hydrogens (tertiary/aromatic N) is 6. The molecule has 0 bridgehead atoms. The van der Waals surface area contributed by atoms with Crippen molar-refractivity contribution in [1.29, 1.82) is 0 Å². The molecule has 0 aliphatic carbocycles. The van der Waals surface area contributed by atoms with E-state index in [1.807, 2.05) is 29.9 Å². The topological polar surface area (TPSA) is 59.7 Å². The molecular formula is C18H19FN6. The summed E-state index contributed by atoms with van der Waals surface area (Å²) in [5.41, 5.74) is 2.57. The van der Waals surface area contributed by atoms with Crippen LogP contribution in [0.5, 0.6) is 0 Å². The molecule has 2 aromatic heterocycles. The SMILES string of the molecule is Cc1ccc(N2CCC(n3cc(-c4ccc(F)cc4)nn3)CC2)nn1. The first-order chi connectivity index (χ1) is 12.2. The van der Waals surface area contributed by atoms with Crippen LogP contribution in [-0.2, 0) is 0 Å². The summed E-state index contributed by atoms with van der Waals surface area (Å²) in [6.45, 7) is 3.76. The number of hydrogen-bond acceptors (Lipinski definition) is 5. The van der Waals surface area contributed by atoms with Gasteiger partial charge in [0, 0.05) is 18.7 Å². The second-order valence-corrected chi connectivity index (χ2v) is 6.34. The molecule has 1 fully saturated rings. The maximum Gasteiger partial charge on any atom is 0.151 e. The van der Waals surface area contributed by atoms with E-state index in [9.17, 15) is 4.39 Å². The third kappa shape index (κ3) is 3.35. The lowest BCUT2D eigenvalue weighted by Crippen LogP contribution is -2.35. The van der Waals surface area contributed by atoms with Crippen LogP contribution in [-0.4, -0.2) is 38.3 Å². The Bertz CT molecular complexity index is 835. The number of rotatable bonds is 3. The van der Waals surface area contributed by atoms with Gasteiger partial charge in [0.2, 0.25) is 0 Å². The molecule has 1 aliphatic heterocycles. The van der Waals surface area contributed by atoms with Crippen LogP contribution in [0, 0.1) is 12.7 Å². The summed E-state index contributed by atoms with van der Waals surface area (Å²) in [5.74, 6) is 0.678. The second kappa shape index (κ2) is 6.58. The summed E-state index contributed by atoms with van der Waals surface area (Å²) < 4.78 is 15.0. The third-order valence-corrected chi connectivity index (χ3v) is 4.60. The van der Waals surface area contributed by atoms with Crippen molar-refractivity contribution in [3.05, 3.63) is 54.1 Å². The van der Waals surface area contributed by atoms with Crippen molar-refractivity contribution in [2.75, 3.05) is 18.0 Å². The van der Waals surface area contributed by atoms with Gasteiger partial charge in [0.1, 0.15) is 11.5 Å². The molecule has 0 amide bonds. The van der Waals surface area contributed by atoms with Crippen molar-refractivity contribution in [1.82, 2.24) is 25.2 Å². The molecule has 0 unspecified atom stereocenters. The van der Waals surface area contributed by atoms with Gasteiger partial charge in [0.15, 0.2) is 5.82 Å². The van der Waals surface area contributed by atoms with E-state index in [4.69, 9.17) is 0 Å². The fourth-order valence-electron chi connectivity index (χ4n) is 3.13. The lowest BCUT2D eigenvalue weighted by Gasteiger charge is -2.32. The van der Waals surface area contributed by atoms with E-state index >= 15 is 0 Å². The summed E-state index contributed by atoms with van der Waals surface area (Å²) >= 11 is 0. The number of aryl methyl sites for hydroxylation is 1. The van der Waals surface area contributed by atoms with Gasteiger partial charge in [0.25, 0.3) is 0 Å². The molecule has 25 heavy (non-hydrogen) atoms. The van der Waals surface area contributed by atoms with Gasteiger partial charge in [0.05, 0.1) is 17.9 Å². The normalized spacial score (nSPS) is 15.5. The van der Waals surface area contributed by atoms with Gasteiger partial charge in [-0.05, 0) is 56.2 Å². The summed E-state index contributed by atoms with van der Waals surface area (Å²) in [7, 11) is 0. The average Bonchev–Trinajstić information content (AvgIpc) is 3.13. The van der Waals surface area contributed by atoms with Crippen LogP contribution in [0.4, 0.5) is 10.2 Å². The molecule has 6 nitrogen and oxygen atoms in total. The minimum atomic E-state index is -0.247. The van der Waals surface area contributed by atoms with Crippen LogP contribution in [0.2, 0.25) is 0 Å². The maximum absolute atomic E-state index is 13.0. The lowest BCUT2D eigenvalue weighted by molar-refractivity contribution is 0.359. The van der Waals surface area contributed by atoms with E-state index in [1.165, 1.54) is 12.1 Å². The summed E-state index contributed by atoms with van der Waals surface area (Å²) in [6, 6.07) is 10.7. The Kier molecular flexibility index (Phi) is 4.13. The highest BCUT2D eigenvalue weighted by molar-refractivity contribution is 5.57. The number of anilines is 1. The van der Waals surface area contributed by atoms with Crippen LogP contribution in [0.1, 0.15) is 24.6 Å². The fraction of sp³-hybridized carbons (Fsp3) is 0.333.